The predicted molar refractivity (Wildman–Crippen MR) is 94.4 cm³/mol. The molecule has 0 saturated carbocycles. The quantitative estimate of drug-likeness (QED) is 0.816. The lowest BCUT2D eigenvalue weighted by Crippen LogP contribution is -2.64. The van der Waals surface area contributed by atoms with E-state index in [9.17, 15) is 13.2 Å². The van der Waals surface area contributed by atoms with Crippen molar-refractivity contribution in [2.45, 2.75) is 25.3 Å². The van der Waals surface area contributed by atoms with Crippen LogP contribution in [0, 0.1) is 0 Å². The molecule has 0 bridgehead atoms. The summed E-state index contributed by atoms with van der Waals surface area (Å²) >= 11 is 0. The number of hydrogen-bond acceptors (Lipinski definition) is 4. The number of carbonyl (C=O) groups excluding carboxylic acids is 1. The molecule has 0 aliphatic carbocycles. The van der Waals surface area contributed by atoms with Gasteiger partial charge in [0.2, 0.25) is 15.9 Å². The van der Waals surface area contributed by atoms with Gasteiger partial charge in [0, 0.05) is 25.3 Å². The molecule has 2 heterocycles. The number of carbonyl (C=O) groups is 1. The van der Waals surface area contributed by atoms with Crippen LogP contribution in [0.1, 0.15) is 19.8 Å². The van der Waals surface area contributed by atoms with Gasteiger partial charge in [0.15, 0.2) is 0 Å². The van der Waals surface area contributed by atoms with E-state index in [1.54, 1.807) is 9.21 Å². The van der Waals surface area contributed by atoms with E-state index >= 15 is 0 Å². The second-order valence-corrected chi connectivity index (χ2v) is 8.88. The Morgan fingerprint density at radius 3 is 2.54 bits per heavy atom. The van der Waals surface area contributed by atoms with Crippen molar-refractivity contribution in [3.05, 3.63) is 30.3 Å². The van der Waals surface area contributed by atoms with Gasteiger partial charge >= 0.3 is 0 Å². The molecule has 0 aromatic heterocycles. The first-order valence-corrected chi connectivity index (χ1v) is 10.0. The van der Waals surface area contributed by atoms with Crippen molar-refractivity contribution in [3.63, 3.8) is 0 Å². The topological polar surface area (TPSA) is 60.9 Å². The highest BCUT2D eigenvalue weighted by Gasteiger charge is 2.49. The molecule has 6 nitrogen and oxygen atoms in total. The lowest BCUT2D eigenvalue weighted by Gasteiger charge is -2.46. The Kier molecular flexibility index (Phi) is 4.68. The molecule has 24 heavy (non-hydrogen) atoms. The standard InChI is InChI=1S/C17H25N3O3S/c1-3-11-24(22,23)19-10-9-17(13-19)14-20(16(21)12-18(17)2)15-7-5-4-6-8-15/h4-8H,3,9-14H2,1-2H3/t17-/m0/s1. The Morgan fingerprint density at radius 2 is 1.88 bits per heavy atom. The Labute approximate surface area is 144 Å². The molecule has 132 valence electrons. The lowest BCUT2D eigenvalue weighted by atomic mass is 9.92. The molecule has 1 amide bonds. The highest BCUT2D eigenvalue weighted by Crippen LogP contribution is 2.34. The van der Waals surface area contributed by atoms with E-state index < -0.39 is 10.0 Å². The zero-order chi connectivity index (χ0) is 17.4. The van der Waals surface area contributed by atoms with Crippen molar-refractivity contribution in [2.75, 3.05) is 43.9 Å². The van der Waals surface area contributed by atoms with Crippen molar-refractivity contribution in [1.82, 2.24) is 9.21 Å². The van der Waals surface area contributed by atoms with Gasteiger partial charge in [-0.15, -0.1) is 0 Å². The Balaban J connectivity index is 1.84. The summed E-state index contributed by atoms with van der Waals surface area (Å²) < 4.78 is 26.4. The fourth-order valence-electron chi connectivity index (χ4n) is 3.69. The first kappa shape index (κ1) is 17.4. The highest BCUT2D eigenvalue weighted by molar-refractivity contribution is 7.89. The highest BCUT2D eigenvalue weighted by atomic mass is 32.2. The minimum Gasteiger partial charge on any atom is -0.309 e. The minimum atomic E-state index is -3.20. The summed E-state index contributed by atoms with van der Waals surface area (Å²) in [6, 6.07) is 9.61. The summed E-state index contributed by atoms with van der Waals surface area (Å²) in [7, 11) is -1.27. The van der Waals surface area contributed by atoms with E-state index in [0.717, 1.165) is 12.1 Å². The van der Waals surface area contributed by atoms with Gasteiger partial charge < -0.3 is 4.90 Å². The van der Waals surface area contributed by atoms with E-state index in [2.05, 4.69) is 0 Å². The molecule has 2 aliphatic rings. The van der Waals surface area contributed by atoms with Gasteiger partial charge in [-0.3, -0.25) is 9.69 Å². The normalized spacial score (nSPS) is 26.4. The van der Waals surface area contributed by atoms with E-state index in [4.69, 9.17) is 0 Å². The van der Waals surface area contributed by atoms with Crippen molar-refractivity contribution in [1.29, 1.82) is 0 Å². The summed E-state index contributed by atoms with van der Waals surface area (Å²) in [6.07, 6.45) is 1.37. The number of rotatable bonds is 4. The summed E-state index contributed by atoms with van der Waals surface area (Å²) in [4.78, 5) is 16.3. The Bertz CT molecular complexity index is 707. The average molecular weight is 351 g/mol. The van der Waals surface area contributed by atoms with Crippen LogP contribution in [0.4, 0.5) is 5.69 Å². The van der Waals surface area contributed by atoms with Crippen molar-refractivity contribution in [2.24, 2.45) is 0 Å². The molecule has 3 rings (SSSR count). The number of likely N-dealkylation sites (N-methyl/N-ethyl adjacent to an activating group) is 1. The third-order valence-corrected chi connectivity index (χ3v) is 7.18. The predicted octanol–water partition coefficient (Wildman–Crippen LogP) is 1.15. The molecule has 7 heteroatoms. The summed E-state index contributed by atoms with van der Waals surface area (Å²) in [5.74, 6) is 0.248. The van der Waals surface area contributed by atoms with Crippen LogP contribution in [-0.2, 0) is 14.8 Å². The molecule has 0 N–H and O–H groups in total. The van der Waals surface area contributed by atoms with Crippen LogP contribution < -0.4 is 4.90 Å². The van der Waals surface area contributed by atoms with Crippen LogP contribution in [0.15, 0.2) is 30.3 Å². The number of benzene rings is 1. The molecule has 2 fully saturated rings. The van der Waals surface area contributed by atoms with Crippen LogP contribution in [0.5, 0.6) is 0 Å². The first-order valence-electron chi connectivity index (χ1n) is 8.42. The maximum Gasteiger partial charge on any atom is 0.241 e. The van der Waals surface area contributed by atoms with Crippen LogP contribution in [0.2, 0.25) is 0 Å². The Hall–Kier alpha value is -1.44. The van der Waals surface area contributed by atoms with E-state index in [1.165, 1.54) is 0 Å². The molecule has 1 atom stereocenters. The zero-order valence-corrected chi connectivity index (χ0v) is 15.1. The monoisotopic (exact) mass is 351 g/mol. The number of amides is 1. The number of hydrogen-bond donors (Lipinski definition) is 0. The number of para-hydroxylation sites is 1. The molecule has 1 spiro atoms. The third kappa shape index (κ3) is 3.08. The van der Waals surface area contributed by atoms with Gasteiger partial charge in [-0.2, -0.15) is 4.31 Å². The third-order valence-electron chi connectivity index (χ3n) is 5.16. The number of nitrogens with zero attached hydrogens (tertiary/aromatic N) is 3. The second-order valence-electron chi connectivity index (χ2n) is 6.80. The van der Waals surface area contributed by atoms with Gasteiger partial charge in [-0.25, -0.2) is 8.42 Å². The molecule has 1 aromatic rings. The molecular weight excluding hydrogens is 326 g/mol. The maximum absolute atomic E-state index is 12.5. The van der Waals surface area contributed by atoms with Crippen LogP contribution >= 0.6 is 0 Å². The SMILES string of the molecule is CCCS(=O)(=O)N1CC[C@@]2(CN(c3ccccc3)C(=O)CN2C)C1. The van der Waals surface area contributed by atoms with E-state index in [0.29, 0.717) is 32.6 Å². The molecule has 1 aromatic carbocycles. The number of anilines is 1. The van der Waals surface area contributed by atoms with Gasteiger partial charge in [0.1, 0.15) is 0 Å². The fraction of sp³-hybridized carbons (Fsp3) is 0.588. The molecular formula is C17H25N3O3S. The van der Waals surface area contributed by atoms with Crippen molar-refractivity contribution >= 4 is 21.6 Å². The van der Waals surface area contributed by atoms with Crippen LogP contribution in [0.3, 0.4) is 0 Å². The zero-order valence-electron chi connectivity index (χ0n) is 14.3. The second kappa shape index (κ2) is 6.46. The van der Waals surface area contributed by atoms with Gasteiger partial charge in [0.05, 0.1) is 17.8 Å². The molecule has 2 saturated heterocycles. The van der Waals surface area contributed by atoms with Crippen LogP contribution in [-0.4, -0.2) is 68.0 Å². The molecule has 2 aliphatic heterocycles. The Morgan fingerprint density at radius 1 is 1.17 bits per heavy atom. The minimum absolute atomic E-state index is 0.0594. The number of sulfonamides is 1. The average Bonchev–Trinajstić information content (AvgIpc) is 2.98. The fourth-order valence-corrected chi connectivity index (χ4v) is 5.27. The summed E-state index contributed by atoms with van der Waals surface area (Å²) in [6.45, 7) is 3.72. The lowest BCUT2D eigenvalue weighted by molar-refractivity contribution is -0.123. The van der Waals surface area contributed by atoms with Gasteiger partial charge in [0.25, 0.3) is 0 Å². The van der Waals surface area contributed by atoms with E-state index in [-0.39, 0.29) is 17.2 Å². The van der Waals surface area contributed by atoms with Crippen LogP contribution in [0.25, 0.3) is 0 Å². The maximum atomic E-state index is 12.5. The molecule has 0 radical (unpaired) electrons. The summed E-state index contributed by atoms with van der Waals surface area (Å²) in [5.41, 5.74) is 0.578. The molecule has 0 unspecified atom stereocenters. The first-order chi connectivity index (χ1) is 11.4. The smallest absolute Gasteiger partial charge is 0.241 e. The summed E-state index contributed by atoms with van der Waals surface area (Å²) in [5, 5.41) is 0. The van der Waals surface area contributed by atoms with Crippen molar-refractivity contribution in [3.8, 4) is 0 Å². The van der Waals surface area contributed by atoms with Gasteiger partial charge in [-0.1, -0.05) is 25.1 Å². The van der Waals surface area contributed by atoms with E-state index in [1.807, 2.05) is 49.2 Å². The van der Waals surface area contributed by atoms with Crippen molar-refractivity contribution < 1.29 is 13.2 Å². The van der Waals surface area contributed by atoms with Gasteiger partial charge in [-0.05, 0) is 32.0 Å². The number of piperazine rings is 1. The largest absolute Gasteiger partial charge is 0.309 e.